The maximum Gasteiger partial charge on any atom is 0.340 e. The zero-order valence-electron chi connectivity index (χ0n) is 7.29. The molecule has 0 amide bonds. The van der Waals surface area contributed by atoms with E-state index in [1.165, 1.54) is 25.1 Å². The van der Waals surface area contributed by atoms with Crippen molar-refractivity contribution < 1.29 is 15.0 Å². The Bertz CT molecular complexity index is 374. The lowest BCUT2D eigenvalue weighted by molar-refractivity contribution is -0.157. The highest BCUT2D eigenvalue weighted by Crippen LogP contribution is 2.28. The molecule has 1 aromatic rings. The predicted molar refractivity (Wildman–Crippen MR) is 53.7 cm³/mol. The first-order valence-corrected chi connectivity index (χ1v) is 4.52. The lowest BCUT2D eigenvalue weighted by Gasteiger charge is -2.18. The van der Waals surface area contributed by atoms with Gasteiger partial charge in [-0.1, -0.05) is 29.3 Å². The van der Waals surface area contributed by atoms with Gasteiger partial charge >= 0.3 is 5.97 Å². The van der Waals surface area contributed by atoms with Crippen molar-refractivity contribution in [2.24, 2.45) is 0 Å². The number of carbonyl (C=O) groups is 1. The molecular weight excluding hydrogens is 227 g/mol. The van der Waals surface area contributed by atoms with Gasteiger partial charge in [0.05, 0.1) is 10.0 Å². The zero-order chi connectivity index (χ0) is 10.9. The van der Waals surface area contributed by atoms with Crippen LogP contribution in [-0.2, 0) is 10.4 Å². The molecule has 1 atom stereocenters. The van der Waals surface area contributed by atoms with Crippen LogP contribution in [0.25, 0.3) is 0 Å². The van der Waals surface area contributed by atoms with Crippen molar-refractivity contribution in [1.29, 1.82) is 0 Å². The van der Waals surface area contributed by atoms with Crippen molar-refractivity contribution in [1.82, 2.24) is 0 Å². The second-order valence-electron chi connectivity index (χ2n) is 3.01. The van der Waals surface area contributed by atoms with Gasteiger partial charge in [-0.3, -0.25) is 0 Å². The molecule has 0 saturated carbocycles. The number of aliphatic hydroxyl groups is 1. The van der Waals surface area contributed by atoms with Gasteiger partial charge in [0.15, 0.2) is 5.60 Å². The molecule has 1 rings (SSSR count). The summed E-state index contributed by atoms with van der Waals surface area (Å²) >= 11 is 11.3. The molecule has 0 fully saturated rings. The number of rotatable bonds is 2. The van der Waals surface area contributed by atoms with Crippen molar-refractivity contribution in [2.75, 3.05) is 0 Å². The third-order valence-electron chi connectivity index (χ3n) is 1.90. The number of carboxylic acid groups (broad SMARTS) is 1. The van der Waals surface area contributed by atoms with E-state index in [0.717, 1.165) is 0 Å². The molecule has 0 aliphatic rings. The minimum Gasteiger partial charge on any atom is -0.479 e. The largest absolute Gasteiger partial charge is 0.479 e. The fourth-order valence-electron chi connectivity index (χ4n) is 0.922. The van der Waals surface area contributed by atoms with Gasteiger partial charge in [0, 0.05) is 0 Å². The Kier molecular flexibility index (Phi) is 3.04. The van der Waals surface area contributed by atoms with Gasteiger partial charge in [-0.25, -0.2) is 4.79 Å². The molecule has 1 aromatic carbocycles. The van der Waals surface area contributed by atoms with Crippen LogP contribution in [-0.4, -0.2) is 16.2 Å². The van der Waals surface area contributed by atoms with Gasteiger partial charge in [0.1, 0.15) is 0 Å². The molecule has 2 N–H and O–H groups in total. The molecule has 0 bridgehead atoms. The summed E-state index contributed by atoms with van der Waals surface area (Å²) < 4.78 is 0. The first-order valence-electron chi connectivity index (χ1n) is 3.77. The summed E-state index contributed by atoms with van der Waals surface area (Å²) in [5.41, 5.74) is -1.76. The van der Waals surface area contributed by atoms with E-state index in [1.54, 1.807) is 0 Å². The number of carboxylic acids is 1. The number of hydrogen-bond donors (Lipinski definition) is 2. The Morgan fingerprint density at radius 2 is 1.93 bits per heavy atom. The van der Waals surface area contributed by atoms with E-state index >= 15 is 0 Å². The molecule has 0 aromatic heterocycles. The van der Waals surface area contributed by atoms with Gasteiger partial charge in [-0.2, -0.15) is 0 Å². The average Bonchev–Trinajstić information content (AvgIpc) is 2.09. The summed E-state index contributed by atoms with van der Waals surface area (Å²) in [4.78, 5) is 10.7. The highest BCUT2D eigenvalue weighted by atomic mass is 35.5. The number of aliphatic carboxylic acids is 1. The van der Waals surface area contributed by atoms with E-state index in [1.807, 2.05) is 0 Å². The van der Waals surface area contributed by atoms with Crippen molar-refractivity contribution in [2.45, 2.75) is 12.5 Å². The predicted octanol–water partition coefficient (Wildman–Crippen LogP) is 2.29. The summed E-state index contributed by atoms with van der Waals surface area (Å²) in [6, 6.07) is 4.19. The monoisotopic (exact) mass is 234 g/mol. The van der Waals surface area contributed by atoms with Gasteiger partial charge in [0.2, 0.25) is 0 Å². The van der Waals surface area contributed by atoms with E-state index in [0.29, 0.717) is 5.02 Å². The standard InChI is InChI=1S/C9H8Cl2O3/c1-9(14,8(12)13)5-2-3-6(10)7(11)4-5/h2-4,14H,1H3,(H,12,13). The number of hydrogen-bond acceptors (Lipinski definition) is 2. The normalized spacial score (nSPS) is 14.9. The van der Waals surface area contributed by atoms with Crippen LogP contribution < -0.4 is 0 Å². The molecule has 0 spiro atoms. The van der Waals surface area contributed by atoms with E-state index in [9.17, 15) is 9.90 Å². The molecule has 0 heterocycles. The van der Waals surface area contributed by atoms with E-state index in [-0.39, 0.29) is 10.6 Å². The van der Waals surface area contributed by atoms with Crippen molar-refractivity contribution in [3.63, 3.8) is 0 Å². The topological polar surface area (TPSA) is 57.5 Å². The van der Waals surface area contributed by atoms with Crippen LogP contribution in [0.5, 0.6) is 0 Å². The van der Waals surface area contributed by atoms with Crippen LogP contribution in [0.15, 0.2) is 18.2 Å². The Morgan fingerprint density at radius 1 is 1.36 bits per heavy atom. The quantitative estimate of drug-likeness (QED) is 0.826. The third-order valence-corrected chi connectivity index (χ3v) is 2.64. The molecule has 0 aliphatic heterocycles. The van der Waals surface area contributed by atoms with Gasteiger partial charge in [0.25, 0.3) is 0 Å². The Balaban J connectivity index is 3.21. The molecule has 0 radical (unpaired) electrons. The van der Waals surface area contributed by atoms with Crippen molar-refractivity contribution in [3.05, 3.63) is 33.8 Å². The average molecular weight is 235 g/mol. The Hall–Kier alpha value is -0.770. The smallest absolute Gasteiger partial charge is 0.340 e. The van der Waals surface area contributed by atoms with E-state index in [2.05, 4.69) is 0 Å². The molecule has 0 saturated heterocycles. The molecular formula is C9H8Cl2O3. The number of halogens is 2. The van der Waals surface area contributed by atoms with Gasteiger partial charge < -0.3 is 10.2 Å². The van der Waals surface area contributed by atoms with E-state index in [4.69, 9.17) is 28.3 Å². The van der Waals surface area contributed by atoms with Crippen LogP contribution in [0.3, 0.4) is 0 Å². The molecule has 0 aliphatic carbocycles. The SMILES string of the molecule is CC(O)(C(=O)O)c1ccc(Cl)c(Cl)c1. The third kappa shape index (κ3) is 2.00. The second-order valence-corrected chi connectivity index (χ2v) is 3.82. The molecule has 76 valence electrons. The minimum atomic E-state index is -1.95. The van der Waals surface area contributed by atoms with Crippen molar-refractivity contribution in [3.8, 4) is 0 Å². The number of benzene rings is 1. The molecule has 5 heteroatoms. The van der Waals surface area contributed by atoms with Crippen molar-refractivity contribution >= 4 is 29.2 Å². The van der Waals surface area contributed by atoms with Gasteiger partial charge in [-0.15, -0.1) is 0 Å². The first-order chi connectivity index (χ1) is 6.35. The zero-order valence-corrected chi connectivity index (χ0v) is 8.80. The van der Waals surface area contributed by atoms with Crippen LogP contribution >= 0.6 is 23.2 Å². The molecule has 1 unspecified atom stereocenters. The van der Waals surface area contributed by atoms with Crippen LogP contribution in [0.4, 0.5) is 0 Å². The van der Waals surface area contributed by atoms with Crippen LogP contribution in [0.2, 0.25) is 10.0 Å². The summed E-state index contributed by atoms with van der Waals surface area (Å²) in [6.07, 6.45) is 0. The summed E-state index contributed by atoms with van der Waals surface area (Å²) in [5.74, 6) is -1.34. The minimum absolute atomic E-state index is 0.194. The Labute approximate surface area is 90.9 Å². The van der Waals surface area contributed by atoms with E-state index < -0.39 is 11.6 Å². The summed E-state index contributed by atoms with van der Waals surface area (Å²) in [6.45, 7) is 1.18. The lowest BCUT2D eigenvalue weighted by Crippen LogP contribution is -2.31. The fourth-order valence-corrected chi connectivity index (χ4v) is 1.22. The fraction of sp³-hybridized carbons (Fsp3) is 0.222. The summed E-state index contributed by atoms with van der Waals surface area (Å²) in [5, 5.41) is 18.8. The maximum atomic E-state index is 10.7. The summed E-state index contributed by atoms with van der Waals surface area (Å²) in [7, 11) is 0. The van der Waals surface area contributed by atoms with Gasteiger partial charge in [-0.05, 0) is 24.6 Å². The van der Waals surface area contributed by atoms with Crippen LogP contribution in [0, 0.1) is 0 Å². The lowest BCUT2D eigenvalue weighted by atomic mass is 9.96. The second kappa shape index (κ2) is 3.77. The van der Waals surface area contributed by atoms with Crippen LogP contribution in [0.1, 0.15) is 12.5 Å². The Morgan fingerprint density at radius 3 is 2.36 bits per heavy atom. The molecule has 14 heavy (non-hydrogen) atoms. The first kappa shape index (κ1) is 11.3. The highest BCUT2D eigenvalue weighted by Gasteiger charge is 2.32. The molecule has 3 nitrogen and oxygen atoms in total. The highest BCUT2D eigenvalue weighted by molar-refractivity contribution is 6.42. The maximum absolute atomic E-state index is 10.7.